The van der Waals surface area contributed by atoms with Gasteiger partial charge in [0.25, 0.3) is 0 Å². The molecule has 30 heavy (non-hydrogen) atoms. The molecule has 6 nitrogen and oxygen atoms in total. The number of ether oxygens (including phenoxy) is 1. The zero-order valence-electron chi connectivity index (χ0n) is 17.8. The maximum absolute atomic E-state index is 13.2. The van der Waals surface area contributed by atoms with Gasteiger partial charge in [-0.1, -0.05) is 0 Å². The van der Waals surface area contributed by atoms with E-state index in [9.17, 15) is 14.0 Å². The molecule has 1 aliphatic carbocycles. The van der Waals surface area contributed by atoms with Crippen LogP contribution in [-0.4, -0.2) is 78.9 Å². The molecule has 0 spiro atoms. The smallest absolute Gasteiger partial charge is 0.223 e. The maximum atomic E-state index is 13.2. The Kier molecular flexibility index (Phi) is 6.56. The molecule has 0 radical (unpaired) electrons. The molecule has 7 heteroatoms. The van der Waals surface area contributed by atoms with Crippen LogP contribution in [0.2, 0.25) is 0 Å². The SMILES string of the molecule is CN1CCN(C(=O)C[C@H]2CN(C(=O)CC3CC3)CC[C@@H]2Oc2ccc(F)cc2)CC1. The summed E-state index contributed by atoms with van der Waals surface area (Å²) in [6, 6.07) is 6.01. The average Bonchev–Trinajstić information content (AvgIpc) is 3.55. The molecule has 1 aromatic rings. The van der Waals surface area contributed by atoms with Gasteiger partial charge in [-0.3, -0.25) is 9.59 Å². The predicted octanol–water partition coefficient (Wildman–Crippen LogP) is 2.39. The number of hydrogen-bond acceptors (Lipinski definition) is 4. The first-order valence-corrected chi connectivity index (χ1v) is 11.1. The Bertz CT molecular complexity index is 745. The van der Waals surface area contributed by atoms with E-state index >= 15 is 0 Å². The zero-order chi connectivity index (χ0) is 21.1. The van der Waals surface area contributed by atoms with Gasteiger partial charge in [-0.05, 0) is 50.1 Å². The molecule has 4 rings (SSSR count). The Balaban J connectivity index is 1.41. The minimum Gasteiger partial charge on any atom is -0.490 e. The second-order valence-corrected chi connectivity index (χ2v) is 9.03. The summed E-state index contributed by atoms with van der Waals surface area (Å²) >= 11 is 0. The second-order valence-electron chi connectivity index (χ2n) is 9.03. The topological polar surface area (TPSA) is 53.1 Å². The quantitative estimate of drug-likeness (QED) is 0.713. The van der Waals surface area contributed by atoms with Crippen molar-refractivity contribution >= 4 is 11.8 Å². The highest BCUT2D eigenvalue weighted by Crippen LogP contribution is 2.34. The van der Waals surface area contributed by atoms with Crippen molar-refractivity contribution in [2.45, 2.75) is 38.2 Å². The van der Waals surface area contributed by atoms with Crippen LogP contribution in [0.1, 0.15) is 32.1 Å². The van der Waals surface area contributed by atoms with Crippen LogP contribution in [0.3, 0.4) is 0 Å². The van der Waals surface area contributed by atoms with Crippen LogP contribution >= 0.6 is 0 Å². The van der Waals surface area contributed by atoms with Crippen molar-refractivity contribution < 1.29 is 18.7 Å². The Morgan fingerprint density at radius 3 is 2.27 bits per heavy atom. The van der Waals surface area contributed by atoms with Crippen molar-refractivity contribution in [1.29, 1.82) is 0 Å². The van der Waals surface area contributed by atoms with Crippen LogP contribution in [0.15, 0.2) is 24.3 Å². The number of carbonyl (C=O) groups is 2. The summed E-state index contributed by atoms with van der Waals surface area (Å²) in [5.74, 6) is 1.14. The number of hydrogen-bond donors (Lipinski definition) is 0. The number of halogens is 1. The average molecular weight is 418 g/mol. The Labute approximate surface area is 177 Å². The van der Waals surface area contributed by atoms with Gasteiger partial charge in [0.15, 0.2) is 0 Å². The van der Waals surface area contributed by atoms with E-state index in [0.29, 0.717) is 44.0 Å². The number of likely N-dealkylation sites (N-methyl/N-ethyl adjacent to an activating group) is 1. The van der Waals surface area contributed by atoms with Gasteiger partial charge in [0.1, 0.15) is 17.7 Å². The Hall–Kier alpha value is -2.15. The van der Waals surface area contributed by atoms with Crippen LogP contribution < -0.4 is 4.74 Å². The lowest BCUT2D eigenvalue weighted by atomic mass is 9.90. The van der Waals surface area contributed by atoms with Crippen molar-refractivity contribution in [2.75, 3.05) is 46.3 Å². The van der Waals surface area contributed by atoms with Gasteiger partial charge < -0.3 is 19.4 Å². The van der Waals surface area contributed by atoms with Gasteiger partial charge in [-0.25, -0.2) is 4.39 Å². The number of benzene rings is 1. The zero-order valence-corrected chi connectivity index (χ0v) is 17.8. The predicted molar refractivity (Wildman–Crippen MR) is 112 cm³/mol. The van der Waals surface area contributed by atoms with E-state index < -0.39 is 0 Å². The van der Waals surface area contributed by atoms with Crippen molar-refractivity contribution in [3.05, 3.63) is 30.1 Å². The summed E-state index contributed by atoms with van der Waals surface area (Å²) in [5.41, 5.74) is 0. The van der Waals surface area contributed by atoms with E-state index in [1.807, 2.05) is 9.80 Å². The molecule has 2 saturated heterocycles. The highest BCUT2D eigenvalue weighted by atomic mass is 19.1. The van der Waals surface area contributed by atoms with E-state index in [2.05, 4.69) is 11.9 Å². The fourth-order valence-corrected chi connectivity index (χ4v) is 4.38. The summed E-state index contributed by atoms with van der Waals surface area (Å²) in [7, 11) is 2.07. The van der Waals surface area contributed by atoms with Crippen LogP contribution in [0.25, 0.3) is 0 Å². The summed E-state index contributed by atoms with van der Waals surface area (Å²) < 4.78 is 19.4. The summed E-state index contributed by atoms with van der Waals surface area (Å²) in [4.78, 5) is 31.7. The van der Waals surface area contributed by atoms with Gasteiger partial charge in [-0.2, -0.15) is 0 Å². The number of amides is 2. The second kappa shape index (κ2) is 9.33. The number of rotatable bonds is 6. The van der Waals surface area contributed by atoms with E-state index in [-0.39, 0.29) is 29.7 Å². The molecular formula is C23H32FN3O3. The van der Waals surface area contributed by atoms with Crippen LogP contribution in [0.5, 0.6) is 5.75 Å². The lowest BCUT2D eigenvalue weighted by molar-refractivity contribution is -0.140. The van der Waals surface area contributed by atoms with E-state index in [0.717, 1.165) is 39.0 Å². The summed E-state index contributed by atoms with van der Waals surface area (Å²) in [6.07, 6.45) is 3.85. The number of carbonyl (C=O) groups excluding carboxylic acids is 2. The normalized spacial score (nSPS) is 25.3. The molecule has 1 aromatic carbocycles. The number of nitrogens with zero attached hydrogens (tertiary/aromatic N) is 3. The van der Waals surface area contributed by atoms with Gasteiger partial charge in [0.05, 0.1) is 0 Å². The molecule has 2 heterocycles. The molecule has 164 valence electrons. The van der Waals surface area contributed by atoms with Gasteiger partial charge in [0, 0.05) is 64.4 Å². The van der Waals surface area contributed by atoms with Crippen molar-refractivity contribution in [1.82, 2.24) is 14.7 Å². The lowest BCUT2D eigenvalue weighted by Crippen LogP contribution is -2.51. The molecule has 3 fully saturated rings. The largest absolute Gasteiger partial charge is 0.490 e. The van der Waals surface area contributed by atoms with Crippen LogP contribution in [-0.2, 0) is 9.59 Å². The van der Waals surface area contributed by atoms with E-state index in [4.69, 9.17) is 4.74 Å². The molecule has 0 N–H and O–H groups in total. The van der Waals surface area contributed by atoms with Crippen LogP contribution in [0, 0.1) is 17.7 Å². The number of likely N-dealkylation sites (tertiary alicyclic amines) is 1. The lowest BCUT2D eigenvalue weighted by Gasteiger charge is -2.40. The molecule has 2 atom stereocenters. The molecule has 1 saturated carbocycles. The minimum atomic E-state index is -0.301. The van der Waals surface area contributed by atoms with Crippen molar-refractivity contribution in [3.8, 4) is 5.75 Å². The molecule has 2 amide bonds. The number of piperidine rings is 1. The first kappa shape index (κ1) is 21.1. The first-order valence-electron chi connectivity index (χ1n) is 11.1. The van der Waals surface area contributed by atoms with E-state index in [1.54, 1.807) is 12.1 Å². The molecular weight excluding hydrogens is 385 g/mol. The molecule has 3 aliphatic rings. The van der Waals surface area contributed by atoms with Gasteiger partial charge >= 0.3 is 0 Å². The van der Waals surface area contributed by atoms with Crippen LogP contribution in [0.4, 0.5) is 4.39 Å². The molecule has 0 bridgehead atoms. The fraction of sp³-hybridized carbons (Fsp3) is 0.652. The first-order chi connectivity index (χ1) is 14.5. The minimum absolute atomic E-state index is 0.0564. The highest BCUT2D eigenvalue weighted by molar-refractivity contribution is 5.78. The standard InChI is InChI=1S/C23H32FN3O3/c1-25-10-12-26(13-11-25)23(29)15-18-16-27(22(28)14-17-2-3-17)9-8-21(18)30-20-6-4-19(24)5-7-20/h4-7,17-18,21H,2-3,8-16H2,1H3/t18-,21-/m0/s1. The third-order valence-electron chi connectivity index (χ3n) is 6.57. The maximum Gasteiger partial charge on any atom is 0.223 e. The summed E-state index contributed by atoms with van der Waals surface area (Å²) in [5, 5.41) is 0. The van der Waals surface area contributed by atoms with Crippen molar-refractivity contribution in [3.63, 3.8) is 0 Å². The highest BCUT2D eigenvalue weighted by Gasteiger charge is 2.37. The van der Waals surface area contributed by atoms with Gasteiger partial charge in [-0.15, -0.1) is 0 Å². The monoisotopic (exact) mass is 417 g/mol. The van der Waals surface area contributed by atoms with Crippen molar-refractivity contribution in [2.24, 2.45) is 11.8 Å². The molecule has 2 aliphatic heterocycles. The molecule has 0 unspecified atom stereocenters. The third-order valence-corrected chi connectivity index (χ3v) is 6.57. The third kappa shape index (κ3) is 5.50. The van der Waals surface area contributed by atoms with E-state index in [1.165, 1.54) is 12.1 Å². The fourth-order valence-electron chi connectivity index (χ4n) is 4.38. The van der Waals surface area contributed by atoms with Gasteiger partial charge in [0.2, 0.25) is 11.8 Å². The summed E-state index contributed by atoms with van der Waals surface area (Å²) in [6.45, 7) is 4.47. The Morgan fingerprint density at radius 1 is 0.933 bits per heavy atom. The number of piperazine rings is 1. The molecule has 0 aromatic heterocycles. The Morgan fingerprint density at radius 2 is 1.60 bits per heavy atom.